The van der Waals surface area contributed by atoms with Crippen molar-refractivity contribution >= 4 is 0 Å². The number of hydrogen-bond acceptors (Lipinski definition) is 4. The minimum atomic E-state index is 0.276. The highest BCUT2D eigenvalue weighted by Gasteiger charge is 2.08. The molecule has 0 spiro atoms. The molecule has 2 aromatic rings. The highest BCUT2D eigenvalue weighted by Crippen LogP contribution is 2.22. The van der Waals surface area contributed by atoms with Crippen molar-refractivity contribution in [3.8, 4) is 11.4 Å². The zero-order valence-corrected chi connectivity index (χ0v) is 10.2. The highest BCUT2D eigenvalue weighted by atomic mass is 16.5. The molecule has 2 N–H and O–H groups in total. The summed E-state index contributed by atoms with van der Waals surface area (Å²) in [7, 11) is 0. The van der Waals surface area contributed by atoms with Gasteiger partial charge in [0.25, 0.3) is 0 Å². The van der Waals surface area contributed by atoms with Crippen LogP contribution in [0.5, 0.6) is 0 Å². The molecule has 0 fully saturated rings. The van der Waals surface area contributed by atoms with E-state index in [4.69, 9.17) is 10.3 Å². The molecule has 90 valence electrons. The number of nitrogens with two attached hydrogens (primary N) is 1. The van der Waals surface area contributed by atoms with Crippen molar-refractivity contribution in [1.29, 1.82) is 0 Å². The number of hydrogen-bond donors (Lipinski definition) is 1. The third-order valence-corrected chi connectivity index (χ3v) is 2.99. The van der Waals surface area contributed by atoms with Crippen LogP contribution in [0.2, 0.25) is 0 Å². The molecule has 2 rings (SSSR count). The van der Waals surface area contributed by atoms with Crippen LogP contribution in [0.1, 0.15) is 37.6 Å². The van der Waals surface area contributed by atoms with E-state index in [1.165, 1.54) is 5.56 Å². The SMILES string of the molecule is CCC(C)c1ccc(-c2noc(CN)n2)cc1. The maximum atomic E-state index is 5.43. The fraction of sp³-hybridized carbons (Fsp3) is 0.385. The van der Waals surface area contributed by atoms with Crippen molar-refractivity contribution in [2.45, 2.75) is 32.7 Å². The summed E-state index contributed by atoms with van der Waals surface area (Å²) >= 11 is 0. The molecule has 0 radical (unpaired) electrons. The molecule has 17 heavy (non-hydrogen) atoms. The van der Waals surface area contributed by atoms with E-state index in [2.05, 4.69) is 36.1 Å². The van der Waals surface area contributed by atoms with Gasteiger partial charge in [-0.3, -0.25) is 0 Å². The van der Waals surface area contributed by atoms with Crippen LogP contribution >= 0.6 is 0 Å². The van der Waals surface area contributed by atoms with Gasteiger partial charge in [0.05, 0.1) is 6.54 Å². The van der Waals surface area contributed by atoms with Gasteiger partial charge >= 0.3 is 0 Å². The Morgan fingerprint density at radius 1 is 1.29 bits per heavy atom. The lowest BCUT2D eigenvalue weighted by molar-refractivity contribution is 0.380. The summed E-state index contributed by atoms with van der Waals surface area (Å²) in [6.45, 7) is 4.68. The number of aromatic nitrogens is 2. The van der Waals surface area contributed by atoms with Gasteiger partial charge in [-0.15, -0.1) is 0 Å². The first-order chi connectivity index (χ1) is 8.24. The fourth-order valence-corrected chi connectivity index (χ4v) is 1.65. The molecule has 1 aromatic heterocycles. The van der Waals surface area contributed by atoms with Crippen LogP contribution < -0.4 is 5.73 Å². The van der Waals surface area contributed by atoms with Gasteiger partial charge in [-0.25, -0.2) is 0 Å². The Balaban J connectivity index is 2.22. The quantitative estimate of drug-likeness (QED) is 0.878. The smallest absolute Gasteiger partial charge is 0.240 e. The Morgan fingerprint density at radius 3 is 2.53 bits per heavy atom. The van der Waals surface area contributed by atoms with E-state index in [1.54, 1.807) is 0 Å². The second-order valence-corrected chi connectivity index (χ2v) is 4.15. The lowest BCUT2D eigenvalue weighted by atomic mass is 9.97. The molecule has 0 bridgehead atoms. The normalized spacial score (nSPS) is 12.6. The zero-order chi connectivity index (χ0) is 12.3. The van der Waals surface area contributed by atoms with Crippen molar-refractivity contribution in [2.24, 2.45) is 5.73 Å². The predicted octanol–water partition coefficient (Wildman–Crippen LogP) is 2.71. The first-order valence-electron chi connectivity index (χ1n) is 5.87. The van der Waals surface area contributed by atoms with E-state index in [1.807, 2.05) is 12.1 Å². The van der Waals surface area contributed by atoms with Crippen LogP contribution in [0.25, 0.3) is 11.4 Å². The lowest BCUT2D eigenvalue weighted by Gasteiger charge is -2.08. The summed E-state index contributed by atoms with van der Waals surface area (Å²) in [5, 5.41) is 3.89. The molecule has 1 unspecified atom stereocenters. The average Bonchev–Trinajstić information content (AvgIpc) is 2.87. The summed E-state index contributed by atoms with van der Waals surface area (Å²) in [5.74, 6) is 1.64. The van der Waals surface area contributed by atoms with Crippen molar-refractivity contribution < 1.29 is 4.52 Å². The van der Waals surface area contributed by atoms with E-state index >= 15 is 0 Å². The van der Waals surface area contributed by atoms with Crippen LogP contribution in [0.15, 0.2) is 28.8 Å². The number of rotatable bonds is 4. The Bertz CT molecular complexity index is 476. The van der Waals surface area contributed by atoms with Gasteiger partial charge in [0.15, 0.2) is 0 Å². The Labute approximate surface area is 101 Å². The molecule has 0 aliphatic heterocycles. The van der Waals surface area contributed by atoms with E-state index in [0.29, 0.717) is 17.6 Å². The van der Waals surface area contributed by atoms with Gasteiger partial charge in [-0.05, 0) is 17.9 Å². The second-order valence-electron chi connectivity index (χ2n) is 4.15. The molecule has 0 aliphatic rings. The monoisotopic (exact) mass is 231 g/mol. The Morgan fingerprint density at radius 2 is 2.00 bits per heavy atom. The van der Waals surface area contributed by atoms with E-state index in [9.17, 15) is 0 Å². The molecular formula is C13H17N3O. The maximum Gasteiger partial charge on any atom is 0.240 e. The fourth-order valence-electron chi connectivity index (χ4n) is 1.65. The lowest BCUT2D eigenvalue weighted by Crippen LogP contribution is -1.95. The summed E-state index contributed by atoms with van der Waals surface area (Å²) < 4.78 is 4.98. The molecule has 0 amide bonds. The molecule has 4 heteroatoms. The van der Waals surface area contributed by atoms with Crippen LogP contribution in [-0.4, -0.2) is 10.1 Å². The Kier molecular flexibility index (Phi) is 3.54. The van der Waals surface area contributed by atoms with Gasteiger partial charge < -0.3 is 10.3 Å². The standard InChI is InChI=1S/C13H17N3O/c1-3-9(2)10-4-6-11(7-5-10)13-15-12(8-14)17-16-13/h4-7,9H,3,8,14H2,1-2H3. The molecular weight excluding hydrogens is 214 g/mol. The first kappa shape index (κ1) is 11.8. The van der Waals surface area contributed by atoms with Crippen molar-refractivity contribution in [3.05, 3.63) is 35.7 Å². The van der Waals surface area contributed by atoms with Gasteiger partial charge in [-0.2, -0.15) is 4.98 Å². The minimum Gasteiger partial charge on any atom is -0.338 e. The third-order valence-electron chi connectivity index (χ3n) is 2.99. The summed E-state index contributed by atoms with van der Waals surface area (Å²) in [6.07, 6.45) is 1.14. The van der Waals surface area contributed by atoms with E-state index in [-0.39, 0.29) is 6.54 Å². The zero-order valence-electron chi connectivity index (χ0n) is 10.2. The second kappa shape index (κ2) is 5.10. The molecule has 0 saturated heterocycles. The van der Waals surface area contributed by atoms with Gasteiger partial charge in [0.2, 0.25) is 11.7 Å². The molecule has 4 nitrogen and oxygen atoms in total. The van der Waals surface area contributed by atoms with Crippen molar-refractivity contribution in [3.63, 3.8) is 0 Å². The Hall–Kier alpha value is -1.68. The largest absolute Gasteiger partial charge is 0.338 e. The summed E-state index contributed by atoms with van der Waals surface area (Å²) in [5.41, 5.74) is 7.72. The van der Waals surface area contributed by atoms with Crippen LogP contribution in [-0.2, 0) is 6.54 Å². The molecule has 1 atom stereocenters. The number of benzene rings is 1. The van der Waals surface area contributed by atoms with E-state index in [0.717, 1.165) is 12.0 Å². The van der Waals surface area contributed by atoms with Crippen LogP contribution in [0, 0.1) is 0 Å². The minimum absolute atomic E-state index is 0.276. The maximum absolute atomic E-state index is 5.43. The summed E-state index contributed by atoms with van der Waals surface area (Å²) in [6, 6.07) is 8.27. The molecule has 0 aliphatic carbocycles. The molecule has 1 heterocycles. The third kappa shape index (κ3) is 2.53. The van der Waals surface area contributed by atoms with Crippen molar-refractivity contribution in [2.75, 3.05) is 0 Å². The average molecular weight is 231 g/mol. The van der Waals surface area contributed by atoms with E-state index < -0.39 is 0 Å². The summed E-state index contributed by atoms with van der Waals surface area (Å²) in [4.78, 5) is 4.19. The van der Waals surface area contributed by atoms with Gasteiger partial charge in [0, 0.05) is 5.56 Å². The predicted molar refractivity (Wildman–Crippen MR) is 66.3 cm³/mol. The first-order valence-corrected chi connectivity index (χ1v) is 5.87. The van der Waals surface area contributed by atoms with Crippen LogP contribution in [0.3, 0.4) is 0 Å². The van der Waals surface area contributed by atoms with Gasteiger partial charge in [0.1, 0.15) is 0 Å². The molecule has 0 saturated carbocycles. The highest BCUT2D eigenvalue weighted by molar-refractivity contribution is 5.54. The molecule has 1 aromatic carbocycles. The number of nitrogens with zero attached hydrogens (tertiary/aromatic N) is 2. The van der Waals surface area contributed by atoms with Crippen LogP contribution in [0.4, 0.5) is 0 Å². The van der Waals surface area contributed by atoms with Gasteiger partial charge in [-0.1, -0.05) is 43.3 Å². The van der Waals surface area contributed by atoms with Crippen molar-refractivity contribution in [1.82, 2.24) is 10.1 Å². The topological polar surface area (TPSA) is 64.9 Å².